The number of piperidine rings is 1. The van der Waals surface area contributed by atoms with Gasteiger partial charge in [0, 0.05) is 40.8 Å². The summed E-state index contributed by atoms with van der Waals surface area (Å²) >= 11 is 6.04. The number of halogens is 1. The van der Waals surface area contributed by atoms with E-state index in [0.717, 1.165) is 29.6 Å². The highest BCUT2D eigenvalue weighted by molar-refractivity contribution is 6.30. The second-order valence-corrected chi connectivity index (χ2v) is 9.41. The molecule has 0 unspecified atom stereocenters. The molecule has 2 aliphatic rings. The van der Waals surface area contributed by atoms with E-state index in [1.165, 1.54) is 10.9 Å². The third kappa shape index (κ3) is 3.55. The van der Waals surface area contributed by atoms with Crippen LogP contribution in [0.5, 0.6) is 0 Å². The number of rotatable bonds is 4. The smallest absolute Gasteiger partial charge is 0.230 e. The van der Waals surface area contributed by atoms with Crippen LogP contribution in [0.2, 0.25) is 5.02 Å². The lowest BCUT2D eigenvalue weighted by Crippen LogP contribution is -2.58. The first-order chi connectivity index (χ1) is 14.9. The molecule has 6 heteroatoms. The van der Waals surface area contributed by atoms with Crippen LogP contribution in [0, 0.1) is 5.92 Å². The molecule has 1 saturated heterocycles. The van der Waals surface area contributed by atoms with Crippen molar-refractivity contribution in [2.45, 2.75) is 44.5 Å². The van der Waals surface area contributed by atoms with Crippen molar-refractivity contribution in [2.75, 3.05) is 13.6 Å². The van der Waals surface area contributed by atoms with E-state index in [1.54, 1.807) is 6.92 Å². The van der Waals surface area contributed by atoms with E-state index >= 15 is 0 Å². The lowest BCUT2D eigenvalue weighted by Gasteiger charge is -2.49. The van der Waals surface area contributed by atoms with Gasteiger partial charge >= 0.3 is 0 Å². The van der Waals surface area contributed by atoms with Crippen molar-refractivity contribution >= 4 is 28.4 Å². The summed E-state index contributed by atoms with van der Waals surface area (Å²) in [4.78, 5) is 21.4. The van der Waals surface area contributed by atoms with Gasteiger partial charge in [-0.25, -0.2) is 0 Å². The summed E-state index contributed by atoms with van der Waals surface area (Å²) in [5.74, 6) is -0.372. The first-order valence-corrected chi connectivity index (χ1v) is 11.3. The minimum atomic E-state index is -0.699. The number of benzene rings is 2. The quantitative estimate of drug-likeness (QED) is 0.644. The average Bonchev–Trinajstić information content (AvgIpc) is 3.14. The molecular formula is C25H28ClN3O2. The van der Waals surface area contributed by atoms with E-state index in [9.17, 15) is 9.90 Å². The number of hydrogen-bond acceptors (Lipinski definition) is 3. The Hall–Kier alpha value is -2.34. The number of H-pyrrole nitrogens is 1. The fourth-order valence-electron chi connectivity index (χ4n) is 5.54. The number of fused-ring (bicyclic) bond motifs is 5. The van der Waals surface area contributed by atoms with Gasteiger partial charge in [-0.05, 0) is 56.1 Å². The lowest BCUT2D eigenvalue weighted by atomic mass is 9.79. The standard InChI is InChI=1S/C25H28ClN3O2/c1-15(30)23-21(28(2)14-16-7-9-17(26)10-8-16)13-22-24-19(11-12-29(22)25(23)31)18-5-3-4-6-20(18)27-24/h3-10,15,21-23,27,30H,11-14H2,1-2H3/t15-,21-,22-,23-/m0/s1. The van der Waals surface area contributed by atoms with Crippen molar-refractivity contribution in [3.63, 3.8) is 0 Å². The zero-order chi connectivity index (χ0) is 21.7. The Morgan fingerprint density at radius 2 is 1.97 bits per heavy atom. The van der Waals surface area contributed by atoms with Gasteiger partial charge in [0.25, 0.3) is 0 Å². The summed E-state index contributed by atoms with van der Waals surface area (Å²) in [7, 11) is 2.05. The van der Waals surface area contributed by atoms with Gasteiger partial charge in [0.1, 0.15) is 0 Å². The lowest BCUT2D eigenvalue weighted by molar-refractivity contribution is -0.153. The Balaban J connectivity index is 1.49. The van der Waals surface area contributed by atoms with Crippen LogP contribution in [0.4, 0.5) is 0 Å². The average molecular weight is 438 g/mol. The molecule has 31 heavy (non-hydrogen) atoms. The molecule has 1 aromatic heterocycles. The molecule has 2 N–H and O–H groups in total. The van der Waals surface area contributed by atoms with Crippen LogP contribution in [0.1, 0.15) is 36.2 Å². The van der Waals surface area contributed by atoms with Crippen LogP contribution in [0.3, 0.4) is 0 Å². The Kier molecular flexibility index (Phi) is 5.29. The van der Waals surface area contributed by atoms with Gasteiger partial charge in [-0.15, -0.1) is 0 Å². The number of nitrogens with one attached hydrogen (secondary N) is 1. The van der Waals surface area contributed by atoms with Gasteiger partial charge in [-0.1, -0.05) is 41.9 Å². The van der Waals surface area contributed by atoms with Crippen LogP contribution in [0.15, 0.2) is 48.5 Å². The molecule has 1 fully saturated rings. The number of aliphatic hydroxyl groups excluding tert-OH is 1. The van der Waals surface area contributed by atoms with Crippen LogP contribution < -0.4 is 0 Å². The van der Waals surface area contributed by atoms with Gasteiger partial charge < -0.3 is 15.0 Å². The Morgan fingerprint density at radius 3 is 2.71 bits per heavy atom. The molecular weight excluding hydrogens is 410 g/mol. The van der Waals surface area contributed by atoms with Crippen molar-refractivity contribution in [2.24, 2.45) is 5.92 Å². The molecule has 0 spiro atoms. The zero-order valence-electron chi connectivity index (χ0n) is 17.9. The maximum atomic E-state index is 13.5. The molecule has 5 rings (SSSR count). The van der Waals surface area contributed by atoms with E-state index in [-0.39, 0.29) is 18.0 Å². The fourth-order valence-corrected chi connectivity index (χ4v) is 5.66. The van der Waals surface area contributed by atoms with Crippen LogP contribution >= 0.6 is 11.6 Å². The van der Waals surface area contributed by atoms with E-state index < -0.39 is 12.0 Å². The van der Waals surface area contributed by atoms with Crippen LogP contribution in [-0.4, -0.2) is 51.5 Å². The van der Waals surface area contributed by atoms with E-state index in [2.05, 4.69) is 28.1 Å². The van der Waals surface area contributed by atoms with E-state index in [4.69, 9.17) is 11.6 Å². The van der Waals surface area contributed by atoms with Crippen LogP contribution in [0.25, 0.3) is 10.9 Å². The number of hydrogen-bond donors (Lipinski definition) is 2. The van der Waals surface area contributed by atoms with Gasteiger partial charge in [-0.3, -0.25) is 9.69 Å². The summed E-state index contributed by atoms with van der Waals surface area (Å²) < 4.78 is 0. The van der Waals surface area contributed by atoms with Crippen molar-refractivity contribution in [3.8, 4) is 0 Å². The minimum absolute atomic E-state index is 0.0105. The summed E-state index contributed by atoms with van der Waals surface area (Å²) in [5, 5.41) is 12.5. The SMILES string of the molecule is C[C@H](O)[C@@H]1C(=O)N2CCc3c([nH]c4ccccc34)[C@@H]2C[C@@H]1N(C)Cc1ccc(Cl)cc1. The largest absolute Gasteiger partial charge is 0.393 e. The van der Waals surface area contributed by atoms with Crippen molar-refractivity contribution in [1.82, 2.24) is 14.8 Å². The topological polar surface area (TPSA) is 59.6 Å². The zero-order valence-corrected chi connectivity index (χ0v) is 18.6. The first kappa shape index (κ1) is 20.6. The highest BCUT2D eigenvalue weighted by atomic mass is 35.5. The molecule has 0 aliphatic carbocycles. The second-order valence-electron chi connectivity index (χ2n) is 8.97. The van der Waals surface area contributed by atoms with Gasteiger partial charge in [0.05, 0.1) is 18.1 Å². The summed E-state index contributed by atoms with van der Waals surface area (Å²) in [6.45, 7) is 3.14. The molecule has 0 radical (unpaired) electrons. The van der Waals surface area contributed by atoms with Crippen molar-refractivity contribution in [1.29, 1.82) is 0 Å². The summed E-state index contributed by atoms with van der Waals surface area (Å²) in [5.41, 5.74) is 4.76. The normalized spacial score (nSPS) is 24.4. The van der Waals surface area contributed by atoms with Crippen molar-refractivity contribution in [3.05, 3.63) is 70.4 Å². The second kappa shape index (κ2) is 7.97. The molecule has 3 aromatic rings. The maximum Gasteiger partial charge on any atom is 0.230 e. The first-order valence-electron chi connectivity index (χ1n) is 11.0. The predicted molar refractivity (Wildman–Crippen MR) is 123 cm³/mol. The van der Waals surface area contributed by atoms with Crippen LogP contribution in [-0.2, 0) is 17.8 Å². The van der Waals surface area contributed by atoms with Gasteiger partial charge in [0.15, 0.2) is 0 Å². The molecule has 1 amide bonds. The van der Waals surface area contributed by atoms with E-state index in [0.29, 0.717) is 18.1 Å². The number of para-hydroxylation sites is 1. The highest BCUT2D eigenvalue weighted by Gasteiger charge is 2.48. The molecule has 2 aliphatic heterocycles. The molecule has 4 atom stereocenters. The molecule has 3 heterocycles. The number of carbonyl (C=O) groups is 1. The minimum Gasteiger partial charge on any atom is -0.393 e. The number of aromatic amines is 1. The monoisotopic (exact) mass is 437 g/mol. The molecule has 5 nitrogen and oxygen atoms in total. The predicted octanol–water partition coefficient (Wildman–Crippen LogP) is 4.15. The van der Waals surface area contributed by atoms with Crippen molar-refractivity contribution < 1.29 is 9.90 Å². The Morgan fingerprint density at radius 1 is 1.23 bits per heavy atom. The Labute approximate surface area is 187 Å². The number of carbonyl (C=O) groups excluding carboxylic acids is 1. The number of nitrogens with zero attached hydrogens (tertiary/aromatic N) is 2. The fraction of sp³-hybridized carbons (Fsp3) is 0.400. The maximum absolute atomic E-state index is 13.5. The summed E-state index contributed by atoms with van der Waals surface area (Å²) in [6.07, 6.45) is 0.945. The summed E-state index contributed by atoms with van der Waals surface area (Å²) in [6, 6.07) is 16.1. The molecule has 0 bridgehead atoms. The third-order valence-corrected chi connectivity index (χ3v) is 7.29. The van der Waals surface area contributed by atoms with Gasteiger partial charge in [0.2, 0.25) is 5.91 Å². The van der Waals surface area contributed by atoms with Gasteiger partial charge in [-0.2, -0.15) is 0 Å². The molecule has 2 aromatic carbocycles. The molecule has 0 saturated carbocycles. The highest BCUT2D eigenvalue weighted by Crippen LogP contribution is 2.43. The third-order valence-electron chi connectivity index (χ3n) is 7.04. The number of amides is 1. The number of aliphatic hydroxyl groups is 1. The van der Waals surface area contributed by atoms with E-state index in [1.807, 2.05) is 42.3 Å². The Bertz CT molecular complexity index is 1110. The molecule has 162 valence electrons. The number of aromatic nitrogens is 1.